The topological polar surface area (TPSA) is 46.2 Å². The molecule has 0 aromatic carbocycles. The van der Waals surface area contributed by atoms with Crippen LogP contribution in [0.25, 0.3) is 0 Å². The molecule has 0 bridgehead atoms. The predicted molar refractivity (Wildman–Crippen MR) is 34.2 cm³/mol. The molecule has 0 aliphatic carbocycles. The number of halogens is 2. The van der Waals surface area contributed by atoms with Gasteiger partial charge in [0.1, 0.15) is 0 Å². The summed E-state index contributed by atoms with van der Waals surface area (Å²) in [5.74, 6) is 0. The van der Waals surface area contributed by atoms with Gasteiger partial charge in [0.05, 0.1) is 0 Å². The van der Waals surface area contributed by atoms with Crippen LogP contribution in [0, 0.1) is 0 Å². The Kier molecular flexibility index (Phi) is 7.94. The normalized spacial score (nSPS) is 6.75. The van der Waals surface area contributed by atoms with Crippen molar-refractivity contribution in [1.29, 1.82) is 0 Å². The van der Waals surface area contributed by atoms with Gasteiger partial charge < -0.3 is 0 Å². The lowest BCUT2D eigenvalue weighted by Gasteiger charge is -1.83. The highest BCUT2D eigenvalue weighted by atomic mass is 35.5. The Balaban J connectivity index is 0. The summed E-state index contributed by atoms with van der Waals surface area (Å²) in [6.45, 7) is 0. The Morgan fingerprint density at radius 1 is 1.12 bits per heavy atom. The first-order valence-corrected chi connectivity index (χ1v) is 2.04. The van der Waals surface area contributed by atoms with Crippen LogP contribution in [0.15, 0.2) is 0 Å². The van der Waals surface area contributed by atoms with Crippen molar-refractivity contribution in [2.45, 2.75) is 0 Å². The Hall–Kier alpha value is 0.486. The fourth-order valence-corrected chi connectivity index (χ4v) is 0.297. The lowest BCUT2D eigenvalue weighted by Crippen LogP contribution is -2.18. The van der Waals surface area contributed by atoms with Crippen LogP contribution in [0.5, 0.6) is 0 Å². The molecule has 44 valence electrons. The van der Waals surface area contributed by atoms with E-state index in [1.54, 1.807) is 5.32 Å². The molecule has 8 heavy (non-hydrogen) atoms. The summed E-state index contributed by atoms with van der Waals surface area (Å²) in [5, 5.41) is -0.386. The van der Waals surface area contributed by atoms with Gasteiger partial charge in [-0.1, -0.05) is 0 Å². The molecule has 0 rings (SSSR count). The molecule has 0 heterocycles. The van der Waals surface area contributed by atoms with Crippen molar-refractivity contribution in [2.75, 3.05) is 0 Å². The van der Waals surface area contributed by atoms with Crippen molar-refractivity contribution in [3.63, 3.8) is 0 Å². The number of carbonyl (C=O) groups excluding carboxylic acids is 2. The minimum atomic E-state index is -0.972. The summed E-state index contributed by atoms with van der Waals surface area (Å²) in [6, 6.07) is 0. The quantitative estimate of drug-likeness (QED) is 0.323. The van der Waals surface area contributed by atoms with Crippen molar-refractivity contribution in [3.05, 3.63) is 0 Å². The number of hydrogen-bond donors (Lipinski definition) is 1. The Bertz CT molecular complexity index is 94.2. The zero-order valence-corrected chi connectivity index (χ0v) is 4.58. The van der Waals surface area contributed by atoms with Gasteiger partial charge in [-0.15, -0.1) is 0 Å². The minimum Gasteiger partial charge on any atom is -0.269 e. The first-order valence-electron chi connectivity index (χ1n) is 1.29. The first-order chi connectivity index (χ1) is 3.13. The van der Waals surface area contributed by atoms with Gasteiger partial charge in [-0.3, -0.25) is 14.9 Å². The molecule has 0 aromatic rings. The van der Waals surface area contributed by atoms with Crippen LogP contribution >= 0.6 is 23.2 Å². The maximum absolute atomic E-state index is 9.60. The van der Waals surface area contributed by atoms with Crippen molar-refractivity contribution in [2.24, 2.45) is 0 Å². The van der Waals surface area contributed by atoms with Crippen LogP contribution in [-0.2, 0) is 0 Å². The van der Waals surface area contributed by atoms with E-state index >= 15 is 0 Å². The van der Waals surface area contributed by atoms with E-state index in [2.05, 4.69) is 23.2 Å². The van der Waals surface area contributed by atoms with Crippen LogP contribution in [0.3, 0.4) is 0 Å². The second kappa shape index (κ2) is 5.62. The lowest BCUT2D eigenvalue weighted by atomic mass is 11.2. The zero-order chi connectivity index (χ0) is 5.86. The van der Waals surface area contributed by atoms with Gasteiger partial charge in [-0.2, -0.15) is 0 Å². The summed E-state index contributed by atoms with van der Waals surface area (Å²) in [5.41, 5.74) is 0. The zero-order valence-electron chi connectivity index (χ0n) is 3.07. The van der Waals surface area contributed by atoms with Crippen LogP contribution in [0.4, 0.5) is 9.59 Å². The van der Waals surface area contributed by atoms with Crippen molar-refractivity contribution >= 4 is 57.0 Å². The highest BCUT2D eigenvalue weighted by molar-refractivity contribution is 6.71. The third-order valence-corrected chi connectivity index (χ3v) is 0.386. The van der Waals surface area contributed by atoms with E-state index in [9.17, 15) is 9.59 Å². The maximum atomic E-state index is 9.60. The van der Waals surface area contributed by atoms with Gasteiger partial charge in [0.25, 0.3) is 0 Å². The van der Waals surface area contributed by atoms with Gasteiger partial charge in [-0.25, -0.2) is 0 Å². The van der Waals surface area contributed by atoms with Crippen LogP contribution in [-0.4, -0.2) is 33.8 Å². The van der Waals surface area contributed by atoms with Gasteiger partial charge in [-0.05, 0) is 23.2 Å². The van der Waals surface area contributed by atoms with E-state index in [0.717, 1.165) is 0 Å². The van der Waals surface area contributed by atoms with Crippen LogP contribution in [0.1, 0.15) is 0 Å². The minimum absolute atomic E-state index is 0. The molecule has 0 fully saturated rings. The average Bonchev–Trinajstić information content (AvgIpc) is 1.27. The molecule has 3 nitrogen and oxygen atoms in total. The Labute approximate surface area is 71.9 Å². The SMILES string of the molecule is O=C(Cl)NC(=O)Cl.[MgH2]. The molecule has 0 radical (unpaired) electrons. The molecule has 0 spiro atoms. The fraction of sp³-hybridized carbons (Fsp3) is 0. The van der Waals surface area contributed by atoms with Gasteiger partial charge in [0.15, 0.2) is 0 Å². The molecule has 1 N–H and O–H groups in total. The molecule has 2 amide bonds. The smallest absolute Gasteiger partial charge is 0.269 e. The van der Waals surface area contributed by atoms with Crippen molar-refractivity contribution in [1.82, 2.24) is 5.32 Å². The maximum Gasteiger partial charge on any atom is 0.321 e. The second-order valence-electron chi connectivity index (χ2n) is 0.672. The van der Waals surface area contributed by atoms with Gasteiger partial charge in [0.2, 0.25) is 0 Å². The molecule has 0 atom stereocenters. The number of rotatable bonds is 0. The highest BCUT2D eigenvalue weighted by Crippen LogP contribution is 1.80. The predicted octanol–water partition coefficient (Wildman–Crippen LogP) is 0.377. The summed E-state index contributed by atoms with van der Waals surface area (Å²) < 4.78 is 0. The number of amides is 2. The first kappa shape index (κ1) is 11.3. The molecule has 0 aliphatic heterocycles. The molecular weight excluding hydrogens is 165 g/mol. The Morgan fingerprint density at radius 3 is 1.38 bits per heavy atom. The third-order valence-electron chi connectivity index (χ3n) is 0.197. The number of imide groups is 1. The molecule has 0 saturated carbocycles. The van der Waals surface area contributed by atoms with E-state index in [4.69, 9.17) is 0 Å². The second-order valence-corrected chi connectivity index (χ2v) is 1.36. The van der Waals surface area contributed by atoms with E-state index in [1.807, 2.05) is 0 Å². The van der Waals surface area contributed by atoms with E-state index in [0.29, 0.717) is 0 Å². The highest BCUT2D eigenvalue weighted by Gasteiger charge is 1.96. The number of nitrogens with one attached hydrogen (secondary N) is 1. The van der Waals surface area contributed by atoms with E-state index in [-0.39, 0.29) is 23.1 Å². The number of hydrogen-bond acceptors (Lipinski definition) is 2. The summed E-state index contributed by atoms with van der Waals surface area (Å²) in [7, 11) is 0. The van der Waals surface area contributed by atoms with Crippen LogP contribution in [0.2, 0.25) is 0 Å². The van der Waals surface area contributed by atoms with Gasteiger partial charge >= 0.3 is 33.8 Å². The third kappa shape index (κ3) is 9.70. The summed E-state index contributed by atoms with van der Waals surface area (Å²) in [4.78, 5) is 19.2. The van der Waals surface area contributed by atoms with Crippen LogP contribution < -0.4 is 5.32 Å². The Morgan fingerprint density at radius 2 is 1.38 bits per heavy atom. The summed E-state index contributed by atoms with van der Waals surface area (Å²) >= 11 is 9.23. The lowest BCUT2D eigenvalue weighted by molar-refractivity contribution is 0.249. The fourth-order valence-electron chi connectivity index (χ4n) is 0.0773. The molecule has 0 unspecified atom stereocenters. The van der Waals surface area contributed by atoms with Crippen molar-refractivity contribution < 1.29 is 9.59 Å². The van der Waals surface area contributed by atoms with E-state index in [1.165, 1.54) is 0 Å². The standard InChI is InChI=1S/C2HCl2NO2.Mg.2H/c3-1(6)5-2(4)7;;;/h(H,5,6,7);;;. The molecule has 0 saturated heterocycles. The molecular formula is C2H3Cl2MgNO2. The van der Waals surface area contributed by atoms with Gasteiger partial charge in [0, 0.05) is 0 Å². The number of carbonyl (C=O) groups is 2. The summed E-state index contributed by atoms with van der Waals surface area (Å²) in [6.07, 6.45) is 0. The van der Waals surface area contributed by atoms with Crippen molar-refractivity contribution in [3.8, 4) is 0 Å². The largest absolute Gasteiger partial charge is 0.321 e. The average molecular weight is 168 g/mol. The molecule has 6 heteroatoms. The monoisotopic (exact) mass is 167 g/mol. The van der Waals surface area contributed by atoms with E-state index < -0.39 is 10.7 Å². The molecule has 0 aliphatic rings. The molecule has 0 aromatic heterocycles.